The van der Waals surface area contributed by atoms with E-state index in [1.54, 1.807) is 0 Å². The Morgan fingerprint density at radius 3 is 1.87 bits per heavy atom. The summed E-state index contributed by atoms with van der Waals surface area (Å²) in [5, 5.41) is 2.77. The van der Waals surface area contributed by atoms with E-state index in [9.17, 15) is 0 Å². The first-order valence-corrected chi connectivity index (χ1v) is 26.8. The fourth-order valence-corrected chi connectivity index (χ4v) is 14.6. The molecule has 2 aliphatic rings. The van der Waals surface area contributed by atoms with Gasteiger partial charge < -0.3 is 0 Å². The molecule has 11 rings (SSSR count). The molecular formula is C64H70N4S+2. The lowest BCUT2D eigenvalue weighted by Crippen LogP contribution is -2.68. The summed E-state index contributed by atoms with van der Waals surface area (Å²) in [5.41, 5.74) is 16.3. The van der Waals surface area contributed by atoms with Gasteiger partial charge in [0.2, 0.25) is 0 Å². The van der Waals surface area contributed by atoms with Gasteiger partial charge in [0, 0.05) is 53.4 Å². The van der Waals surface area contributed by atoms with Crippen LogP contribution in [0.2, 0.25) is 0 Å². The van der Waals surface area contributed by atoms with Gasteiger partial charge in [0.1, 0.15) is 47.7 Å². The number of nitrogens with zero attached hydrogens (tertiary/aromatic N) is 4. The van der Waals surface area contributed by atoms with Crippen LogP contribution in [0.4, 0.5) is 0 Å². The fourth-order valence-electron chi connectivity index (χ4n) is 13.2. The number of hydrogen-bond acceptors (Lipinski definition) is 1. The van der Waals surface area contributed by atoms with Gasteiger partial charge in [-0.1, -0.05) is 161 Å². The molecule has 0 radical (unpaired) electrons. The van der Waals surface area contributed by atoms with Crippen molar-refractivity contribution in [1.82, 2.24) is 9.13 Å². The SMILES string of the molecule is CCC1(C)c2ccccc2-c2n(-c3c(C(C)C)cc4c(sc5ccccc54)c3C(C)C)cc[n+]2C1(CC)CCC1c2ccccc2-c2n(-c3c(C(C)C)cc(-c4ccccc4)cc3C(C)C)cc[n+]21. The van der Waals surface area contributed by atoms with E-state index in [0.717, 1.165) is 25.7 Å². The van der Waals surface area contributed by atoms with Gasteiger partial charge in [0.05, 0.1) is 11.1 Å². The summed E-state index contributed by atoms with van der Waals surface area (Å²) < 4.78 is 13.4. The number of thiophene rings is 1. The Labute approximate surface area is 414 Å². The number of aromatic nitrogens is 4. The normalized spacial score (nSPS) is 18.5. The first-order valence-electron chi connectivity index (χ1n) is 26.0. The molecule has 4 nitrogen and oxygen atoms in total. The molecule has 0 fully saturated rings. The highest BCUT2D eigenvalue weighted by Gasteiger charge is 2.58. The molecule has 0 amide bonds. The number of fused-ring (bicyclic) bond motifs is 9. The summed E-state index contributed by atoms with van der Waals surface area (Å²) in [4.78, 5) is 0. The molecule has 3 atom stereocenters. The third-order valence-corrected chi connectivity index (χ3v) is 18.1. The number of rotatable bonds is 12. The van der Waals surface area contributed by atoms with Crippen molar-refractivity contribution in [2.24, 2.45) is 0 Å². The van der Waals surface area contributed by atoms with Gasteiger partial charge >= 0.3 is 0 Å². The summed E-state index contributed by atoms with van der Waals surface area (Å²) in [7, 11) is 0. The zero-order chi connectivity index (χ0) is 48.1. The predicted octanol–water partition coefficient (Wildman–Crippen LogP) is 16.9. The summed E-state index contributed by atoms with van der Waals surface area (Å²) in [6.07, 6.45) is 13.8. The van der Waals surface area contributed by atoms with E-state index in [-0.39, 0.29) is 17.0 Å². The van der Waals surface area contributed by atoms with E-state index >= 15 is 0 Å². The van der Waals surface area contributed by atoms with E-state index in [1.807, 2.05) is 11.3 Å². The van der Waals surface area contributed by atoms with Gasteiger partial charge in [0.25, 0.3) is 11.6 Å². The molecule has 0 saturated heterocycles. The molecule has 2 aliphatic heterocycles. The van der Waals surface area contributed by atoms with Crippen LogP contribution in [0, 0.1) is 0 Å². The van der Waals surface area contributed by atoms with Gasteiger partial charge in [-0.3, -0.25) is 0 Å². The molecule has 6 aromatic carbocycles. The molecule has 69 heavy (non-hydrogen) atoms. The standard InChI is InChI=1S/C64H70N4S/c1-12-63(11)54-29-21-19-28-49(54)62-67(59-52(42(7)8)39-53-47-26-20-22-30-56(47)69-60(53)57(59)43(9)10)35-36-68(62)64(63,13-2)32-31-55-46-25-17-18-27-48(46)61-65(55)33-34-66(61)58-50(40(3)4)37-45(38-51(58)41(5)6)44-23-15-14-16-24-44/h14-30,33-43,55H,12-13,31-32H2,1-11H3/q+2. The molecule has 0 saturated carbocycles. The third-order valence-electron chi connectivity index (χ3n) is 16.8. The van der Waals surface area contributed by atoms with E-state index in [4.69, 9.17) is 0 Å². The molecule has 3 aromatic heterocycles. The minimum Gasteiger partial charge on any atom is -0.223 e. The number of hydrogen-bond donors (Lipinski definition) is 0. The Bertz CT molecular complexity index is 3380. The van der Waals surface area contributed by atoms with Crippen molar-refractivity contribution in [2.75, 3.05) is 0 Å². The molecule has 0 aliphatic carbocycles. The van der Waals surface area contributed by atoms with Crippen LogP contribution in [0.25, 0.3) is 65.4 Å². The summed E-state index contributed by atoms with van der Waals surface area (Å²) in [6, 6.07) is 46.3. The lowest BCUT2D eigenvalue weighted by atomic mass is 9.58. The first kappa shape index (κ1) is 45.4. The van der Waals surface area contributed by atoms with Crippen LogP contribution in [0.3, 0.4) is 0 Å². The lowest BCUT2D eigenvalue weighted by molar-refractivity contribution is -0.771. The largest absolute Gasteiger partial charge is 0.295 e. The van der Waals surface area contributed by atoms with Crippen molar-refractivity contribution in [3.63, 3.8) is 0 Å². The minimum absolute atomic E-state index is 0.115. The van der Waals surface area contributed by atoms with Crippen molar-refractivity contribution in [1.29, 1.82) is 0 Å². The molecule has 0 N–H and O–H groups in total. The Hall–Kier alpha value is -6.04. The highest BCUT2D eigenvalue weighted by molar-refractivity contribution is 7.26. The highest BCUT2D eigenvalue weighted by atomic mass is 32.1. The van der Waals surface area contributed by atoms with Crippen LogP contribution in [-0.2, 0) is 11.0 Å². The highest BCUT2D eigenvalue weighted by Crippen LogP contribution is 2.54. The fraction of sp³-hybridized carbons (Fsp3) is 0.344. The van der Waals surface area contributed by atoms with Crippen molar-refractivity contribution in [3.05, 3.63) is 179 Å². The Kier molecular flexibility index (Phi) is 11.3. The van der Waals surface area contributed by atoms with Gasteiger partial charge in [-0.2, -0.15) is 9.13 Å². The van der Waals surface area contributed by atoms with Gasteiger partial charge in [-0.25, -0.2) is 9.13 Å². The topological polar surface area (TPSA) is 17.6 Å². The zero-order valence-electron chi connectivity index (χ0n) is 42.8. The molecule has 0 spiro atoms. The van der Waals surface area contributed by atoms with Crippen molar-refractivity contribution >= 4 is 31.5 Å². The quantitative estimate of drug-likeness (QED) is 0.109. The Morgan fingerprint density at radius 2 is 1.19 bits per heavy atom. The van der Waals surface area contributed by atoms with Crippen LogP contribution in [0.15, 0.2) is 146 Å². The maximum absolute atomic E-state index is 2.78. The van der Waals surface area contributed by atoms with Crippen LogP contribution in [-0.4, -0.2) is 9.13 Å². The van der Waals surface area contributed by atoms with Crippen molar-refractivity contribution < 1.29 is 9.13 Å². The summed E-state index contributed by atoms with van der Waals surface area (Å²) in [5.74, 6) is 3.99. The van der Waals surface area contributed by atoms with Gasteiger partial charge in [0.15, 0.2) is 0 Å². The molecule has 350 valence electrons. The molecule has 9 aromatic rings. The maximum atomic E-state index is 2.78. The van der Waals surface area contributed by atoms with E-state index in [1.165, 1.54) is 98.8 Å². The average molecular weight is 927 g/mol. The minimum atomic E-state index is -0.196. The van der Waals surface area contributed by atoms with Crippen LogP contribution < -0.4 is 9.13 Å². The number of imidazole rings is 2. The third kappa shape index (κ3) is 6.73. The van der Waals surface area contributed by atoms with E-state index < -0.39 is 0 Å². The Morgan fingerprint density at radius 1 is 0.580 bits per heavy atom. The summed E-state index contributed by atoms with van der Waals surface area (Å²) >= 11 is 1.97. The first-order chi connectivity index (χ1) is 33.3. The van der Waals surface area contributed by atoms with Crippen molar-refractivity contribution in [3.8, 4) is 45.3 Å². The second-order valence-corrected chi connectivity index (χ2v) is 22.8. The van der Waals surface area contributed by atoms with Crippen LogP contribution in [0.5, 0.6) is 0 Å². The van der Waals surface area contributed by atoms with Gasteiger partial charge in [-0.15, -0.1) is 11.3 Å². The second-order valence-electron chi connectivity index (χ2n) is 21.7. The molecule has 3 unspecified atom stereocenters. The molecule has 5 heterocycles. The van der Waals surface area contributed by atoms with E-state index in [2.05, 4.69) is 241 Å². The zero-order valence-corrected chi connectivity index (χ0v) is 43.6. The summed E-state index contributed by atoms with van der Waals surface area (Å²) in [6.45, 7) is 26.5. The lowest BCUT2D eigenvalue weighted by Gasteiger charge is -2.50. The average Bonchev–Trinajstić information content (AvgIpc) is 4.15. The molecule has 5 heteroatoms. The smallest absolute Gasteiger partial charge is 0.223 e. The van der Waals surface area contributed by atoms with E-state index in [0.29, 0.717) is 23.7 Å². The molecule has 0 bridgehead atoms. The Balaban J connectivity index is 1.08. The monoisotopic (exact) mass is 927 g/mol. The number of benzene rings is 6. The van der Waals surface area contributed by atoms with Crippen LogP contribution in [0.1, 0.15) is 165 Å². The van der Waals surface area contributed by atoms with Crippen molar-refractivity contribution in [2.45, 2.75) is 143 Å². The maximum Gasteiger partial charge on any atom is 0.295 e. The molecular weight excluding hydrogens is 857 g/mol. The second kappa shape index (κ2) is 17.1. The predicted molar refractivity (Wildman–Crippen MR) is 291 cm³/mol. The van der Waals surface area contributed by atoms with Crippen LogP contribution >= 0.6 is 11.3 Å². The van der Waals surface area contributed by atoms with Gasteiger partial charge in [-0.05, 0) is 102 Å².